The van der Waals surface area contributed by atoms with Crippen LogP contribution >= 0.6 is 0 Å². The van der Waals surface area contributed by atoms with Gasteiger partial charge in [-0.3, -0.25) is 0 Å². The summed E-state index contributed by atoms with van der Waals surface area (Å²) in [5.74, 6) is -0.218. The van der Waals surface area contributed by atoms with Crippen molar-refractivity contribution >= 4 is 5.97 Å². The van der Waals surface area contributed by atoms with Crippen molar-refractivity contribution < 1.29 is 9.53 Å². The maximum atomic E-state index is 11.0. The first-order valence-corrected chi connectivity index (χ1v) is 3.77. The fourth-order valence-electron chi connectivity index (χ4n) is 1.19. The molecule has 11 heavy (non-hydrogen) atoms. The second kappa shape index (κ2) is 3.53. The van der Waals surface area contributed by atoms with Crippen LogP contribution in [0.3, 0.4) is 0 Å². The van der Waals surface area contributed by atoms with Gasteiger partial charge in [-0.05, 0) is 19.9 Å². The molecular weight excluding hydrogens is 142 g/mol. The van der Waals surface area contributed by atoms with Gasteiger partial charge >= 0.3 is 5.97 Å². The number of esters is 1. The summed E-state index contributed by atoms with van der Waals surface area (Å²) in [5.41, 5.74) is 0.749. The normalized spacial score (nSPS) is 24.2. The molecule has 0 saturated heterocycles. The van der Waals surface area contributed by atoms with E-state index >= 15 is 0 Å². The van der Waals surface area contributed by atoms with Crippen molar-refractivity contribution in [1.29, 1.82) is 0 Å². The van der Waals surface area contributed by atoms with E-state index < -0.39 is 0 Å². The van der Waals surface area contributed by atoms with Crippen LogP contribution in [0.1, 0.15) is 13.3 Å². The highest BCUT2D eigenvalue weighted by Gasteiger charge is 2.18. The summed E-state index contributed by atoms with van der Waals surface area (Å²) in [6, 6.07) is 0.135. The molecule has 1 atom stereocenters. The molecule has 1 rings (SSSR count). The summed E-state index contributed by atoms with van der Waals surface area (Å²) in [7, 11) is 1.41. The van der Waals surface area contributed by atoms with Gasteiger partial charge in [0.1, 0.15) is 0 Å². The van der Waals surface area contributed by atoms with Crippen molar-refractivity contribution in [3.63, 3.8) is 0 Å². The molecule has 1 N–H and O–H groups in total. The van der Waals surface area contributed by atoms with E-state index in [4.69, 9.17) is 0 Å². The molecule has 0 radical (unpaired) electrons. The lowest BCUT2D eigenvalue weighted by atomic mass is 10.0. The van der Waals surface area contributed by atoms with Gasteiger partial charge < -0.3 is 10.1 Å². The first kappa shape index (κ1) is 8.27. The van der Waals surface area contributed by atoms with Crippen LogP contribution in [0.5, 0.6) is 0 Å². The molecule has 0 aliphatic carbocycles. The van der Waals surface area contributed by atoms with E-state index in [9.17, 15) is 4.79 Å². The number of hydrogen-bond acceptors (Lipinski definition) is 3. The highest BCUT2D eigenvalue weighted by atomic mass is 16.5. The third kappa shape index (κ3) is 1.80. The maximum Gasteiger partial charge on any atom is 0.334 e. The van der Waals surface area contributed by atoms with Crippen molar-refractivity contribution in [3.8, 4) is 0 Å². The number of ether oxygens (including phenoxy) is 1. The van der Waals surface area contributed by atoms with E-state index in [0.717, 1.165) is 18.5 Å². The Hall–Kier alpha value is -0.830. The minimum atomic E-state index is -0.218. The van der Waals surface area contributed by atoms with E-state index in [1.807, 2.05) is 13.0 Å². The van der Waals surface area contributed by atoms with Crippen LogP contribution in [0.25, 0.3) is 0 Å². The van der Waals surface area contributed by atoms with Crippen LogP contribution in [-0.4, -0.2) is 25.7 Å². The molecule has 1 unspecified atom stereocenters. The number of carbonyl (C=O) groups is 1. The summed E-state index contributed by atoms with van der Waals surface area (Å²) < 4.78 is 4.61. The van der Waals surface area contributed by atoms with Crippen molar-refractivity contribution in [3.05, 3.63) is 11.6 Å². The Morgan fingerprint density at radius 2 is 2.55 bits per heavy atom. The summed E-state index contributed by atoms with van der Waals surface area (Å²) in [4.78, 5) is 11.0. The molecular formula is C8H13NO2. The molecule has 0 amide bonds. The average Bonchev–Trinajstić information content (AvgIpc) is 2.04. The van der Waals surface area contributed by atoms with E-state index in [1.165, 1.54) is 7.11 Å². The standard InChI is InChI=1S/C8H13NO2/c1-6-7(8(10)11-2)4-3-5-9-6/h4,6,9H,3,5H2,1-2H3. The van der Waals surface area contributed by atoms with Gasteiger partial charge in [0.2, 0.25) is 0 Å². The highest BCUT2D eigenvalue weighted by molar-refractivity contribution is 5.89. The predicted molar refractivity (Wildman–Crippen MR) is 42.2 cm³/mol. The van der Waals surface area contributed by atoms with Crippen LogP contribution in [0.2, 0.25) is 0 Å². The molecule has 0 aromatic heterocycles. The van der Waals surface area contributed by atoms with Crippen molar-refractivity contribution in [1.82, 2.24) is 5.32 Å². The third-order valence-electron chi connectivity index (χ3n) is 1.85. The molecule has 0 bridgehead atoms. The Bertz CT molecular complexity index is 187. The van der Waals surface area contributed by atoms with Crippen LogP contribution in [-0.2, 0) is 9.53 Å². The maximum absolute atomic E-state index is 11.0. The second-order valence-electron chi connectivity index (χ2n) is 2.62. The van der Waals surface area contributed by atoms with Gasteiger partial charge in [0, 0.05) is 11.6 Å². The smallest absolute Gasteiger partial charge is 0.334 e. The van der Waals surface area contributed by atoms with Crippen molar-refractivity contribution in [2.75, 3.05) is 13.7 Å². The van der Waals surface area contributed by atoms with Crippen LogP contribution in [0.4, 0.5) is 0 Å². The minimum Gasteiger partial charge on any atom is -0.466 e. The summed E-state index contributed by atoms with van der Waals surface area (Å²) in [5, 5.41) is 3.18. The van der Waals surface area contributed by atoms with Gasteiger partial charge in [0.05, 0.1) is 7.11 Å². The predicted octanol–water partition coefficient (Wildman–Crippen LogP) is 0.468. The lowest BCUT2D eigenvalue weighted by Crippen LogP contribution is -2.35. The van der Waals surface area contributed by atoms with E-state index in [1.54, 1.807) is 0 Å². The van der Waals surface area contributed by atoms with Crippen molar-refractivity contribution in [2.45, 2.75) is 19.4 Å². The Kier molecular flexibility index (Phi) is 2.65. The van der Waals surface area contributed by atoms with Gasteiger partial charge in [-0.1, -0.05) is 6.08 Å². The zero-order valence-electron chi connectivity index (χ0n) is 6.89. The Morgan fingerprint density at radius 3 is 3.09 bits per heavy atom. The first-order valence-electron chi connectivity index (χ1n) is 3.77. The molecule has 0 aromatic rings. The van der Waals surface area contributed by atoms with Gasteiger partial charge in [-0.2, -0.15) is 0 Å². The Morgan fingerprint density at radius 1 is 1.82 bits per heavy atom. The van der Waals surface area contributed by atoms with Gasteiger partial charge in [0.25, 0.3) is 0 Å². The van der Waals surface area contributed by atoms with Crippen LogP contribution in [0, 0.1) is 0 Å². The SMILES string of the molecule is COC(=O)C1=CCCNC1C. The van der Waals surface area contributed by atoms with E-state index in [-0.39, 0.29) is 12.0 Å². The summed E-state index contributed by atoms with van der Waals surface area (Å²) in [6.45, 7) is 2.91. The fourth-order valence-corrected chi connectivity index (χ4v) is 1.19. The molecule has 1 aliphatic rings. The van der Waals surface area contributed by atoms with Gasteiger partial charge in [0.15, 0.2) is 0 Å². The van der Waals surface area contributed by atoms with Gasteiger partial charge in [-0.25, -0.2) is 4.79 Å². The monoisotopic (exact) mass is 155 g/mol. The zero-order chi connectivity index (χ0) is 8.27. The number of nitrogens with one attached hydrogen (secondary N) is 1. The molecule has 0 fully saturated rings. The number of rotatable bonds is 1. The van der Waals surface area contributed by atoms with E-state index in [0.29, 0.717) is 0 Å². The molecule has 0 aromatic carbocycles. The summed E-state index contributed by atoms with van der Waals surface area (Å²) in [6.07, 6.45) is 2.85. The number of carbonyl (C=O) groups excluding carboxylic acids is 1. The fraction of sp³-hybridized carbons (Fsp3) is 0.625. The molecule has 1 heterocycles. The zero-order valence-corrected chi connectivity index (χ0v) is 6.89. The Labute approximate surface area is 66.4 Å². The summed E-state index contributed by atoms with van der Waals surface area (Å²) >= 11 is 0. The molecule has 62 valence electrons. The van der Waals surface area contributed by atoms with Crippen molar-refractivity contribution in [2.24, 2.45) is 0 Å². The molecule has 3 heteroatoms. The van der Waals surface area contributed by atoms with Gasteiger partial charge in [-0.15, -0.1) is 0 Å². The third-order valence-corrected chi connectivity index (χ3v) is 1.85. The second-order valence-corrected chi connectivity index (χ2v) is 2.62. The topological polar surface area (TPSA) is 38.3 Å². The largest absolute Gasteiger partial charge is 0.466 e. The number of methoxy groups -OCH3 is 1. The van der Waals surface area contributed by atoms with Crippen LogP contribution in [0.15, 0.2) is 11.6 Å². The highest BCUT2D eigenvalue weighted by Crippen LogP contribution is 2.09. The lowest BCUT2D eigenvalue weighted by molar-refractivity contribution is -0.136. The number of hydrogen-bond donors (Lipinski definition) is 1. The average molecular weight is 155 g/mol. The molecule has 1 aliphatic heterocycles. The minimum absolute atomic E-state index is 0.135. The van der Waals surface area contributed by atoms with E-state index in [2.05, 4.69) is 10.1 Å². The Balaban J connectivity index is 2.67. The molecule has 0 saturated carbocycles. The molecule has 3 nitrogen and oxygen atoms in total. The molecule has 0 spiro atoms. The lowest BCUT2D eigenvalue weighted by Gasteiger charge is -2.19. The van der Waals surface area contributed by atoms with Crippen LogP contribution < -0.4 is 5.32 Å². The first-order chi connectivity index (χ1) is 5.25. The quantitative estimate of drug-likeness (QED) is 0.559.